The summed E-state index contributed by atoms with van der Waals surface area (Å²) in [4.78, 5) is 4.37. The SMILES string of the molecule is CCCCC(CC)COCCCN(CCN(CC(O)COCCC[Si](OC)(OC)OC)CC(O)COCC(CC)CCCC)CC(O)COCC(CC)CCCC. The normalized spacial score (nSPS) is 15.7. The van der Waals surface area contributed by atoms with Crippen LogP contribution < -0.4 is 0 Å². The second kappa shape index (κ2) is 38.6. The quantitative estimate of drug-likeness (QED) is 0.0430. The number of rotatable bonds is 44. The minimum absolute atomic E-state index is 0.172. The van der Waals surface area contributed by atoms with Crippen molar-refractivity contribution in [2.24, 2.45) is 17.8 Å². The molecule has 0 aliphatic carbocycles. The Hall–Kier alpha value is -0.263. The topological polar surface area (TPSA) is 132 Å². The van der Waals surface area contributed by atoms with Gasteiger partial charge in [-0.15, -0.1) is 0 Å². The summed E-state index contributed by atoms with van der Waals surface area (Å²) in [6.07, 6.45) is 13.5. The number of aliphatic hydroxyl groups excluding tert-OH is 3. The molecule has 344 valence electrons. The van der Waals surface area contributed by atoms with Gasteiger partial charge in [0.2, 0.25) is 0 Å². The van der Waals surface area contributed by atoms with Crippen molar-refractivity contribution in [1.82, 2.24) is 9.80 Å². The highest BCUT2D eigenvalue weighted by atomic mass is 28.4. The Balaban J connectivity index is 5.57. The van der Waals surface area contributed by atoms with Gasteiger partial charge in [-0.3, -0.25) is 9.80 Å². The van der Waals surface area contributed by atoms with Gasteiger partial charge in [0.15, 0.2) is 0 Å². The fourth-order valence-electron chi connectivity index (χ4n) is 7.13. The number of nitrogens with zero attached hydrogens (tertiary/aromatic N) is 2. The van der Waals surface area contributed by atoms with E-state index in [-0.39, 0.29) is 13.2 Å². The van der Waals surface area contributed by atoms with Crippen LogP contribution in [0.4, 0.5) is 0 Å². The van der Waals surface area contributed by atoms with Crippen molar-refractivity contribution in [3.05, 3.63) is 0 Å². The Morgan fingerprint density at radius 3 is 1.23 bits per heavy atom. The Labute approximate surface area is 352 Å². The third-order valence-corrected chi connectivity index (χ3v) is 14.1. The van der Waals surface area contributed by atoms with Crippen LogP contribution in [-0.4, -0.2) is 166 Å². The lowest BCUT2D eigenvalue weighted by Crippen LogP contribution is -2.46. The third kappa shape index (κ3) is 30.4. The average Bonchev–Trinajstić information content (AvgIpc) is 3.21. The number of aliphatic hydroxyl groups is 3. The summed E-state index contributed by atoms with van der Waals surface area (Å²) in [5.41, 5.74) is 0. The summed E-state index contributed by atoms with van der Waals surface area (Å²) >= 11 is 0. The number of ether oxygens (including phenoxy) is 4. The predicted octanol–water partition coefficient (Wildman–Crippen LogP) is 7.05. The van der Waals surface area contributed by atoms with Crippen molar-refractivity contribution in [2.45, 2.75) is 156 Å². The van der Waals surface area contributed by atoms with Crippen molar-refractivity contribution >= 4 is 8.80 Å². The first kappa shape index (κ1) is 56.7. The van der Waals surface area contributed by atoms with Crippen LogP contribution in [0.25, 0.3) is 0 Å². The van der Waals surface area contributed by atoms with Crippen LogP contribution in [0.5, 0.6) is 0 Å². The van der Waals surface area contributed by atoms with Crippen molar-refractivity contribution in [3.8, 4) is 0 Å². The van der Waals surface area contributed by atoms with Crippen LogP contribution in [0.2, 0.25) is 6.04 Å². The number of unbranched alkanes of at least 4 members (excludes halogenated alkanes) is 3. The van der Waals surface area contributed by atoms with E-state index in [1.807, 2.05) is 0 Å². The number of hydrogen-bond donors (Lipinski definition) is 3. The van der Waals surface area contributed by atoms with E-state index >= 15 is 0 Å². The first-order valence-corrected chi connectivity index (χ1v) is 25.0. The second-order valence-corrected chi connectivity index (χ2v) is 19.3. The third-order valence-electron chi connectivity index (χ3n) is 11.2. The Morgan fingerprint density at radius 2 is 0.807 bits per heavy atom. The lowest BCUT2D eigenvalue weighted by atomic mass is 10.0. The van der Waals surface area contributed by atoms with E-state index in [0.29, 0.717) is 96.0 Å². The van der Waals surface area contributed by atoms with E-state index in [0.717, 1.165) is 51.7 Å². The molecule has 0 fully saturated rings. The maximum Gasteiger partial charge on any atom is 0.500 e. The molecule has 0 radical (unpaired) electrons. The predicted molar refractivity (Wildman–Crippen MR) is 235 cm³/mol. The first-order valence-electron chi connectivity index (χ1n) is 23.0. The van der Waals surface area contributed by atoms with Crippen LogP contribution in [0, 0.1) is 17.8 Å². The van der Waals surface area contributed by atoms with Gasteiger partial charge in [-0.1, -0.05) is 99.3 Å². The Bertz CT molecular complexity index is 841. The molecule has 0 aromatic heterocycles. The molecule has 0 aliphatic rings. The molecule has 6 atom stereocenters. The van der Waals surface area contributed by atoms with Gasteiger partial charge in [0.1, 0.15) is 0 Å². The molecule has 0 bridgehead atoms. The van der Waals surface area contributed by atoms with E-state index in [4.69, 9.17) is 32.2 Å². The molecular formula is C44H94N2O10Si. The van der Waals surface area contributed by atoms with Crippen molar-refractivity contribution in [3.63, 3.8) is 0 Å². The van der Waals surface area contributed by atoms with Crippen LogP contribution in [0.15, 0.2) is 0 Å². The van der Waals surface area contributed by atoms with Crippen LogP contribution in [0.1, 0.15) is 131 Å². The summed E-state index contributed by atoms with van der Waals surface area (Å²) in [5, 5.41) is 33.4. The van der Waals surface area contributed by atoms with Crippen LogP contribution >= 0.6 is 0 Å². The highest BCUT2D eigenvalue weighted by Gasteiger charge is 2.36. The van der Waals surface area contributed by atoms with Gasteiger partial charge in [-0.25, -0.2) is 0 Å². The molecule has 0 amide bonds. The smallest absolute Gasteiger partial charge is 0.389 e. The highest BCUT2D eigenvalue weighted by molar-refractivity contribution is 6.60. The first-order chi connectivity index (χ1) is 27.6. The maximum atomic E-state index is 11.1. The minimum atomic E-state index is -2.68. The molecule has 3 N–H and O–H groups in total. The fourth-order valence-corrected chi connectivity index (χ4v) is 8.82. The average molecular weight is 839 g/mol. The summed E-state index contributed by atoms with van der Waals surface area (Å²) in [5.74, 6) is 1.62. The molecule has 0 saturated heterocycles. The van der Waals surface area contributed by atoms with Crippen molar-refractivity contribution < 1.29 is 47.5 Å². The van der Waals surface area contributed by atoms with Gasteiger partial charge in [0.25, 0.3) is 0 Å². The zero-order chi connectivity index (χ0) is 42.6. The summed E-state index contributed by atoms with van der Waals surface area (Å²) < 4.78 is 40.6. The van der Waals surface area contributed by atoms with Crippen molar-refractivity contribution in [1.29, 1.82) is 0 Å². The zero-order valence-corrected chi connectivity index (χ0v) is 39.6. The molecule has 0 aliphatic heterocycles. The van der Waals surface area contributed by atoms with Crippen LogP contribution in [0.3, 0.4) is 0 Å². The zero-order valence-electron chi connectivity index (χ0n) is 38.6. The molecule has 0 aromatic carbocycles. The van der Waals surface area contributed by atoms with Crippen molar-refractivity contribution in [2.75, 3.05) is 113 Å². The molecule has 12 nitrogen and oxygen atoms in total. The monoisotopic (exact) mass is 839 g/mol. The van der Waals surface area contributed by atoms with E-state index in [1.54, 1.807) is 21.3 Å². The standard InChI is InChI=1S/C44H94N2O10Si/c1-10-16-21-39(13-4)33-53-27-19-24-45(30-42(47)37-55-34-40(14-5)22-17-11-2)25-26-46(32-44(49)38-56-35-41(15-6)23-18-12-3)31-43(48)36-54-28-20-29-57(50-7,51-8)52-9/h39-44,47-49H,10-38H2,1-9H3. The van der Waals surface area contributed by atoms with Crippen LogP contribution in [-0.2, 0) is 32.2 Å². The van der Waals surface area contributed by atoms with E-state index < -0.39 is 27.1 Å². The van der Waals surface area contributed by atoms with Gasteiger partial charge < -0.3 is 47.5 Å². The van der Waals surface area contributed by atoms with Gasteiger partial charge in [0, 0.05) is 99.7 Å². The molecule has 6 unspecified atom stereocenters. The molecule has 57 heavy (non-hydrogen) atoms. The van der Waals surface area contributed by atoms with E-state index in [9.17, 15) is 15.3 Å². The molecule has 0 rings (SSSR count). The molecule has 0 spiro atoms. The minimum Gasteiger partial charge on any atom is -0.389 e. The summed E-state index contributed by atoms with van der Waals surface area (Å²) in [6, 6.07) is 0.621. The van der Waals surface area contributed by atoms with Gasteiger partial charge in [-0.2, -0.15) is 0 Å². The molecular weight excluding hydrogens is 745 g/mol. The highest BCUT2D eigenvalue weighted by Crippen LogP contribution is 2.17. The number of hydrogen-bond acceptors (Lipinski definition) is 12. The maximum absolute atomic E-state index is 11.1. The van der Waals surface area contributed by atoms with E-state index in [2.05, 4.69) is 51.3 Å². The molecule has 0 heterocycles. The fraction of sp³-hybridized carbons (Fsp3) is 1.00. The molecule has 13 heteroatoms. The molecule has 0 aromatic rings. The molecule has 0 saturated carbocycles. The Kier molecular flexibility index (Phi) is 38.5. The second-order valence-electron chi connectivity index (χ2n) is 16.2. The summed E-state index contributed by atoms with van der Waals surface area (Å²) in [7, 11) is 2.13. The van der Waals surface area contributed by atoms with Gasteiger partial charge in [-0.05, 0) is 49.9 Å². The van der Waals surface area contributed by atoms with Gasteiger partial charge in [0.05, 0.1) is 38.1 Å². The lowest BCUT2D eigenvalue weighted by molar-refractivity contribution is -0.0214. The largest absolute Gasteiger partial charge is 0.500 e. The summed E-state index contributed by atoms with van der Waals surface area (Å²) in [6.45, 7) is 20.5. The van der Waals surface area contributed by atoms with Gasteiger partial charge >= 0.3 is 8.80 Å². The lowest BCUT2D eigenvalue weighted by Gasteiger charge is -2.31. The Morgan fingerprint density at radius 1 is 0.439 bits per heavy atom. The van der Waals surface area contributed by atoms with E-state index in [1.165, 1.54) is 44.9 Å².